The van der Waals surface area contributed by atoms with Gasteiger partial charge in [-0.15, -0.1) is 24.8 Å². The van der Waals surface area contributed by atoms with E-state index in [1.54, 1.807) is 0 Å². The first-order valence-electron chi connectivity index (χ1n) is 8.88. The molecule has 3 N–H and O–H groups in total. The van der Waals surface area contributed by atoms with Crippen molar-refractivity contribution in [2.45, 2.75) is 19.9 Å². The van der Waals surface area contributed by atoms with E-state index in [-0.39, 0.29) is 42.7 Å². The topological polar surface area (TPSA) is 67.6 Å². The maximum absolute atomic E-state index is 12.7. The number of carbonyl (C=O) groups excluding carboxylic acids is 1. The summed E-state index contributed by atoms with van der Waals surface area (Å²) in [4.78, 5) is 14.7. The van der Waals surface area contributed by atoms with E-state index in [0.717, 1.165) is 17.7 Å². The molecule has 1 amide bonds. The predicted octanol–water partition coefficient (Wildman–Crippen LogP) is 4.05. The summed E-state index contributed by atoms with van der Waals surface area (Å²) in [5.74, 6) is 0.191. The highest BCUT2D eigenvalue weighted by atomic mass is 35.5. The first-order chi connectivity index (χ1) is 12.4. The van der Waals surface area contributed by atoms with E-state index in [4.69, 9.17) is 10.5 Å². The molecule has 0 aliphatic carbocycles. The zero-order valence-electron chi connectivity index (χ0n) is 16.8. The Kier molecular flexibility index (Phi) is 11.8. The molecule has 0 bridgehead atoms. The number of likely N-dealkylation sites (N-methyl/N-ethyl adjacent to an activating group) is 1. The van der Waals surface area contributed by atoms with E-state index in [9.17, 15) is 4.79 Å². The van der Waals surface area contributed by atoms with Gasteiger partial charge in [0, 0.05) is 12.6 Å². The molecule has 2 atom stereocenters. The molecule has 0 spiro atoms. The maximum atomic E-state index is 12.7. The van der Waals surface area contributed by atoms with E-state index >= 15 is 0 Å². The molecule has 0 saturated heterocycles. The third-order valence-electron chi connectivity index (χ3n) is 4.33. The molecule has 0 fully saturated rings. The molecule has 0 radical (unpaired) electrons. The van der Waals surface area contributed by atoms with E-state index in [1.165, 1.54) is 0 Å². The van der Waals surface area contributed by atoms with Crippen LogP contribution in [0.2, 0.25) is 0 Å². The minimum Gasteiger partial charge on any atom is -0.490 e. The summed E-state index contributed by atoms with van der Waals surface area (Å²) < 4.78 is 5.87. The average Bonchev–Trinajstić information content (AvgIpc) is 2.63. The van der Waals surface area contributed by atoms with Gasteiger partial charge in [0.1, 0.15) is 12.4 Å². The molecule has 0 aliphatic rings. The van der Waals surface area contributed by atoms with Crippen LogP contribution in [0.4, 0.5) is 5.69 Å². The van der Waals surface area contributed by atoms with Gasteiger partial charge in [0.15, 0.2) is 0 Å². The zero-order chi connectivity index (χ0) is 19.1. The number of amides is 1. The highest BCUT2D eigenvalue weighted by molar-refractivity contribution is 5.94. The first kappa shape index (κ1) is 26.2. The van der Waals surface area contributed by atoms with Crippen molar-refractivity contribution in [1.29, 1.82) is 0 Å². The molecule has 156 valence electrons. The SMILES string of the molecule is Cc1ccc(NC(=O)C(C)C(N)c2ccccc2)c(OCCN(C)C)c1.Cl.Cl. The number of rotatable bonds is 8. The Morgan fingerprint density at radius 1 is 1.14 bits per heavy atom. The minimum atomic E-state index is -0.367. The fourth-order valence-electron chi connectivity index (χ4n) is 2.56. The largest absolute Gasteiger partial charge is 0.490 e. The number of anilines is 1. The smallest absolute Gasteiger partial charge is 0.229 e. The van der Waals surface area contributed by atoms with Crippen LogP contribution >= 0.6 is 24.8 Å². The van der Waals surface area contributed by atoms with Crippen molar-refractivity contribution in [2.24, 2.45) is 11.7 Å². The Bertz CT molecular complexity index is 727. The number of hydrogen-bond acceptors (Lipinski definition) is 4. The molecule has 0 saturated carbocycles. The van der Waals surface area contributed by atoms with E-state index < -0.39 is 0 Å². The van der Waals surface area contributed by atoms with Crippen molar-refractivity contribution in [3.63, 3.8) is 0 Å². The molecule has 28 heavy (non-hydrogen) atoms. The number of nitrogens with zero attached hydrogens (tertiary/aromatic N) is 1. The number of hydrogen-bond donors (Lipinski definition) is 2. The van der Waals surface area contributed by atoms with Crippen LogP contribution in [-0.4, -0.2) is 38.1 Å². The van der Waals surface area contributed by atoms with Gasteiger partial charge in [0.05, 0.1) is 11.6 Å². The molecular weight excluding hydrogens is 397 g/mol. The summed E-state index contributed by atoms with van der Waals surface area (Å²) in [6, 6.07) is 15.1. The number of benzene rings is 2. The Morgan fingerprint density at radius 3 is 2.39 bits per heavy atom. The Morgan fingerprint density at radius 2 is 1.79 bits per heavy atom. The summed E-state index contributed by atoms with van der Waals surface area (Å²) in [7, 11) is 3.99. The summed E-state index contributed by atoms with van der Waals surface area (Å²) in [5.41, 5.74) is 8.97. The lowest BCUT2D eigenvalue weighted by atomic mass is 9.94. The molecule has 7 heteroatoms. The van der Waals surface area contributed by atoms with E-state index in [0.29, 0.717) is 18.0 Å². The maximum Gasteiger partial charge on any atom is 0.229 e. The fourth-order valence-corrected chi connectivity index (χ4v) is 2.56. The quantitative estimate of drug-likeness (QED) is 0.666. The van der Waals surface area contributed by atoms with Crippen molar-refractivity contribution < 1.29 is 9.53 Å². The van der Waals surface area contributed by atoms with Crippen molar-refractivity contribution >= 4 is 36.4 Å². The van der Waals surface area contributed by atoms with Gasteiger partial charge in [-0.2, -0.15) is 0 Å². The molecular formula is C21H31Cl2N3O2. The van der Waals surface area contributed by atoms with Gasteiger partial charge < -0.3 is 20.7 Å². The van der Waals surface area contributed by atoms with Crippen molar-refractivity contribution in [3.05, 3.63) is 59.7 Å². The van der Waals surface area contributed by atoms with Gasteiger partial charge in [0.2, 0.25) is 5.91 Å². The number of halogens is 2. The second-order valence-corrected chi connectivity index (χ2v) is 6.87. The van der Waals surface area contributed by atoms with Crippen LogP contribution in [0.25, 0.3) is 0 Å². The first-order valence-corrected chi connectivity index (χ1v) is 8.88. The van der Waals surface area contributed by atoms with Crippen LogP contribution in [0.5, 0.6) is 5.75 Å². The van der Waals surface area contributed by atoms with Gasteiger partial charge in [-0.05, 0) is 44.3 Å². The molecule has 2 aromatic carbocycles. The summed E-state index contributed by atoms with van der Waals surface area (Å²) in [6.07, 6.45) is 0. The lowest BCUT2D eigenvalue weighted by Gasteiger charge is -2.21. The van der Waals surface area contributed by atoms with Crippen LogP contribution in [0.15, 0.2) is 48.5 Å². The van der Waals surface area contributed by atoms with Gasteiger partial charge in [-0.25, -0.2) is 0 Å². The van der Waals surface area contributed by atoms with Crippen LogP contribution in [0, 0.1) is 12.8 Å². The van der Waals surface area contributed by atoms with Gasteiger partial charge in [-0.3, -0.25) is 4.79 Å². The molecule has 2 unspecified atom stereocenters. The summed E-state index contributed by atoms with van der Waals surface area (Å²) in [5, 5.41) is 2.97. The number of aryl methyl sites for hydroxylation is 1. The number of ether oxygens (including phenoxy) is 1. The van der Waals surface area contributed by atoms with Crippen molar-refractivity contribution in [3.8, 4) is 5.75 Å². The lowest BCUT2D eigenvalue weighted by Crippen LogP contribution is -2.30. The van der Waals surface area contributed by atoms with Gasteiger partial charge >= 0.3 is 0 Å². The van der Waals surface area contributed by atoms with Crippen molar-refractivity contribution in [1.82, 2.24) is 4.90 Å². The van der Waals surface area contributed by atoms with Crippen molar-refractivity contribution in [2.75, 3.05) is 32.6 Å². The monoisotopic (exact) mass is 427 g/mol. The summed E-state index contributed by atoms with van der Waals surface area (Å²) in [6.45, 7) is 5.20. The third-order valence-corrected chi connectivity index (χ3v) is 4.33. The molecule has 0 heterocycles. The van der Waals surface area contributed by atoms with Crippen LogP contribution < -0.4 is 15.8 Å². The third kappa shape index (κ3) is 7.68. The number of carbonyl (C=O) groups is 1. The highest BCUT2D eigenvalue weighted by Gasteiger charge is 2.23. The van der Waals surface area contributed by atoms with E-state index in [1.807, 2.05) is 76.5 Å². The van der Waals surface area contributed by atoms with Crippen LogP contribution in [-0.2, 0) is 4.79 Å². The standard InChI is InChI=1S/C21H29N3O2.2ClH/c1-15-10-11-18(19(14-15)26-13-12-24(3)4)23-21(25)16(2)20(22)17-8-6-5-7-9-17;;/h5-11,14,16,20H,12-13,22H2,1-4H3,(H,23,25);2*1H. The fraction of sp³-hybridized carbons (Fsp3) is 0.381. The predicted molar refractivity (Wildman–Crippen MR) is 121 cm³/mol. The van der Waals surface area contributed by atoms with Crippen LogP contribution in [0.3, 0.4) is 0 Å². The molecule has 0 aromatic heterocycles. The highest BCUT2D eigenvalue weighted by Crippen LogP contribution is 2.28. The zero-order valence-corrected chi connectivity index (χ0v) is 18.5. The molecule has 0 aliphatic heterocycles. The Labute approximate surface area is 180 Å². The normalized spacial score (nSPS) is 12.4. The lowest BCUT2D eigenvalue weighted by molar-refractivity contribution is -0.120. The van der Waals surface area contributed by atoms with Gasteiger partial charge in [-0.1, -0.05) is 43.3 Å². The Hall–Kier alpha value is -1.79. The molecule has 5 nitrogen and oxygen atoms in total. The minimum absolute atomic E-state index is 0. The van der Waals surface area contributed by atoms with Gasteiger partial charge in [0.25, 0.3) is 0 Å². The Balaban J connectivity index is 0.00000364. The molecule has 2 aromatic rings. The molecule has 2 rings (SSSR count). The van der Waals surface area contributed by atoms with Crippen LogP contribution in [0.1, 0.15) is 24.1 Å². The second kappa shape index (κ2) is 12.6. The summed E-state index contributed by atoms with van der Waals surface area (Å²) >= 11 is 0. The number of nitrogens with one attached hydrogen (secondary N) is 1. The second-order valence-electron chi connectivity index (χ2n) is 6.87. The van der Waals surface area contributed by atoms with E-state index in [2.05, 4.69) is 10.2 Å². The average molecular weight is 428 g/mol. The number of nitrogens with two attached hydrogens (primary N) is 1.